The first-order valence-electron chi connectivity index (χ1n) is 8.61. The first-order chi connectivity index (χ1) is 12.2. The molecule has 0 aliphatic carbocycles. The van der Waals surface area contributed by atoms with Crippen molar-refractivity contribution in [1.29, 1.82) is 0 Å². The Morgan fingerprint density at radius 3 is 2.31 bits per heavy atom. The van der Waals surface area contributed by atoms with Crippen molar-refractivity contribution < 1.29 is 13.2 Å². The fraction of sp³-hybridized carbons (Fsp3) is 0.350. The van der Waals surface area contributed by atoms with Crippen molar-refractivity contribution in [1.82, 2.24) is 5.32 Å². The summed E-state index contributed by atoms with van der Waals surface area (Å²) in [5, 5.41) is 2.94. The Labute approximate surface area is 156 Å². The summed E-state index contributed by atoms with van der Waals surface area (Å²) in [7, 11) is -3.58. The predicted octanol–water partition coefficient (Wildman–Crippen LogP) is 3.34. The number of rotatable bonds is 7. The zero-order valence-corrected chi connectivity index (χ0v) is 16.5. The van der Waals surface area contributed by atoms with Gasteiger partial charge in [-0.15, -0.1) is 0 Å². The van der Waals surface area contributed by atoms with E-state index in [1.165, 1.54) is 0 Å². The lowest BCUT2D eigenvalue weighted by molar-refractivity contribution is -0.120. The maximum atomic E-state index is 12.6. The first kappa shape index (κ1) is 20.0. The molecular formula is C20H26N2O3S. The van der Waals surface area contributed by atoms with Crippen LogP contribution >= 0.6 is 0 Å². The smallest absolute Gasteiger partial charge is 0.241 e. The number of carbonyl (C=O) groups is 1. The summed E-state index contributed by atoms with van der Waals surface area (Å²) in [5.74, 6) is -0.328. The van der Waals surface area contributed by atoms with Gasteiger partial charge in [-0.2, -0.15) is 0 Å². The zero-order chi connectivity index (χ0) is 19.3. The standard InChI is InChI=1S/C20H26N2O3S/c1-5-18(17-9-7-6-8-10-17)21-20(23)14-22(26(4,24)25)19-12-11-15(2)13-16(19)3/h6-13,18H,5,14H2,1-4H3,(H,21,23). The highest BCUT2D eigenvalue weighted by Gasteiger charge is 2.23. The van der Waals surface area contributed by atoms with E-state index in [0.29, 0.717) is 5.69 Å². The first-order valence-corrected chi connectivity index (χ1v) is 10.5. The third-order valence-electron chi connectivity index (χ3n) is 4.25. The molecule has 0 radical (unpaired) electrons. The van der Waals surface area contributed by atoms with Gasteiger partial charge in [-0.3, -0.25) is 9.10 Å². The van der Waals surface area contributed by atoms with E-state index in [9.17, 15) is 13.2 Å². The lowest BCUT2D eigenvalue weighted by atomic mass is 10.0. The molecule has 2 aromatic carbocycles. The fourth-order valence-electron chi connectivity index (χ4n) is 2.94. The van der Waals surface area contributed by atoms with E-state index in [0.717, 1.165) is 33.7 Å². The number of sulfonamides is 1. The number of carbonyl (C=O) groups excluding carboxylic acids is 1. The topological polar surface area (TPSA) is 66.5 Å². The summed E-state index contributed by atoms with van der Waals surface area (Å²) in [6.07, 6.45) is 1.84. The predicted molar refractivity (Wildman–Crippen MR) is 106 cm³/mol. The number of benzene rings is 2. The fourth-order valence-corrected chi connectivity index (χ4v) is 3.86. The highest BCUT2D eigenvalue weighted by molar-refractivity contribution is 7.92. The largest absolute Gasteiger partial charge is 0.348 e. The molecule has 2 aromatic rings. The molecule has 0 spiro atoms. The van der Waals surface area contributed by atoms with E-state index in [-0.39, 0.29) is 18.5 Å². The molecule has 2 rings (SSSR count). The highest BCUT2D eigenvalue weighted by atomic mass is 32.2. The van der Waals surface area contributed by atoms with Gasteiger partial charge in [-0.1, -0.05) is 55.0 Å². The molecule has 0 fully saturated rings. The van der Waals surface area contributed by atoms with Crippen molar-refractivity contribution in [3.63, 3.8) is 0 Å². The minimum atomic E-state index is -3.58. The number of amides is 1. The van der Waals surface area contributed by atoms with Crippen LogP contribution in [0.25, 0.3) is 0 Å². The monoisotopic (exact) mass is 374 g/mol. The van der Waals surface area contributed by atoms with Crippen LogP contribution in [0.2, 0.25) is 0 Å². The average molecular weight is 375 g/mol. The zero-order valence-electron chi connectivity index (χ0n) is 15.7. The van der Waals surface area contributed by atoms with Gasteiger partial charge in [0.1, 0.15) is 6.54 Å². The third kappa shape index (κ3) is 5.08. The number of nitrogens with zero attached hydrogens (tertiary/aromatic N) is 1. The molecule has 1 atom stereocenters. The van der Waals surface area contributed by atoms with Gasteiger partial charge in [-0.05, 0) is 37.5 Å². The highest BCUT2D eigenvalue weighted by Crippen LogP contribution is 2.23. The van der Waals surface area contributed by atoms with Crippen LogP contribution in [0.3, 0.4) is 0 Å². The van der Waals surface area contributed by atoms with Crippen molar-refractivity contribution in [2.45, 2.75) is 33.2 Å². The number of nitrogens with one attached hydrogen (secondary N) is 1. The summed E-state index contributed by atoms with van der Waals surface area (Å²) < 4.78 is 25.7. The summed E-state index contributed by atoms with van der Waals surface area (Å²) in [6.45, 7) is 5.53. The Hall–Kier alpha value is -2.34. The SMILES string of the molecule is CCC(NC(=O)CN(c1ccc(C)cc1C)S(C)(=O)=O)c1ccccc1. The molecule has 6 heteroatoms. The van der Waals surface area contributed by atoms with E-state index >= 15 is 0 Å². The second-order valence-corrected chi connectivity index (χ2v) is 8.41. The molecule has 5 nitrogen and oxygen atoms in total. The molecule has 0 heterocycles. The van der Waals surface area contributed by atoms with Crippen LogP contribution in [0, 0.1) is 13.8 Å². The maximum absolute atomic E-state index is 12.6. The van der Waals surface area contributed by atoms with Crippen LogP contribution < -0.4 is 9.62 Å². The van der Waals surface area contributed by atoms with Crippen molar-refractivity contribution in [3.05, 3.63) is 65.2 Å². The van der Waals surface area contributed by atoms with E-state index in [1.54, 1.807) is 6.07 Å². The summed E-state index contributed by atoms with van der Waals surface area (Å²) in [4.78, 5) is 12.6. The van der Waals surface area contributed by atoms with Gasteiger partial charge in [0, 0.05) is 0 Å². The van der Waals surface area contributed by atoms with Gasteiger partial charge in [0.15, 0.2) is 0 Å². The summed E-state index contributed by atoms with van der Waals surface area (Å²) in [6, 6.07) is 15.0. The van der Waals surface area contributed by atoms with Crippen molar-refractivity contribution in [2.75, 3.05) is 17.1 Å². The van der Waals surface area contributed by atoms with Gasteiger partial charge < -0.3 is 5.32 Å². The minimum absolute atomic E-state index is 0.149. The van der Waals surface area contributed by atoms with Crippen molar-refractivity contribution in [3.8, 4) is 0 Å². The Morgan fingerprint density at radius 1 is 1.12 bits per heavy atom. The molecule has 26 heavy (non-hydrogen) atoms. The Balaban J connectivity index is 2.22. The molecule has 1 N–H and O–H groups in total. The molecule has 140 valence electrons. The Morgan fingerprint density at radius 2 is 1.77 bits per heavy atom. The van der Waals surface area contributed by atoms with Crippen LogP contribution in [0.1, 0.15) is 36.1 Å². The van der Waals surface area contributed by atoms with Gasteiger partial charge in [0.2, 0.25) is 15.9 Å². The van der Waals surface area contributed by atoms with Gasteiger partial charge in [-0.25, -0.2) is 8.42 Å². The van der Waals surface area contributed by atoms with Crippen molar-refractivity contribution in [2.24, 2.45) is 0 Å². The quantitative estimate of drug-likeness (QED) is 0.808. The van der Waals surface area contributed by atoms with Crippen molar-refractivity contribution >= 4 is 21.6 Å². The normalized spacial score (nSPS) is 12.5. The molecule has 1 amide bonds. The Bertz CT molecular complexity index is 864. The molecule has 0 saturated heterocycles. The summed E-state index contributed by atoms with van der Waals surface area (Å²) >= 11 is 0. The van der Waals surface area contributed by atoms with Crippen LogP contribution in [-0.4, -0.2) is 27.1 Å². The van der Waals surface area contributed by atoms with Crippen LogP contribution in [0.15, 0.2) is 48.5 Å². The lowest BCUT2D eigenvalue weighted by Gasteiger charge is -2.25. The van der Waals surface area contributed by atoms with Crippen LogP contribution in [-0.2, 0) is 14.8 Å². The second kappa shape index (κ2) is 8.36. The second-order valence-electron chi connectivity index (χ2n) is 6.50. The lowest BCUT2D eigenvalue weighted by Crippen LogP contribution is -2.41. The average Bonchev–Trinajstić information content (AvgIpc) is 2.58. The number of aryl methyl sites for hydroxylation is 2. The van der Waals surface area contributed by atoms with Gasteiger partial charge >= 0.3 is 0 Å². The minimum Gasteiger partial charge on any atom is -0.348 e. The van der Waals surface area contributed by atoms with E-state index < -0.39 is 10.0 Å². The molecule has 0 aliphatic heterocycles. The van der Waals surface area contributed by atoms with Gasteiger partial charge in [0.05, 0.1) is 18.0 Å². The third-order valence-corrected chi connectivity index (χ3v) is 5.38. The van der Waals surface area contributed by atoms with Crippen LogP contribution in [0.5, 0.6) is 0 Å². The Kier molecular flexibility index (Phi) is 6.42. The molecule has 1 unspecified atom stereocenters. The molecule has 0 aromatic heterocycles. The summed E-state index contributed by atoms with van der Waals surface area (Å²) in [5.41, 5.74) is 3.39. The van der Waals surface area contributed by atoms with E-state index in [4.69, 9.17) is 0 Å². The van der Waals surface area contributed by atoms with E-state index in [2.05, 4.69) is 5.32 Å². The maximum Gasteiger partial charge on any atom is 0.241 e. The number of anilines is 1. The van der Waals surface area contributed by atoms with E-state index in [1.807, 2.05) is 63.2 Å². The molecular weight excluding hydrogens is 348 g/mol. The van der Waals surface area contributed by atoms with Gasteiger partial charge in [0.25, 0.3) is 0 Å². The number of hydrogen-bond acceptors (Lipinski definition) is 3. The number of hydrogen-bond donors (Lipinski definition) is 1. The van der Waals surface area contributed by atoms with Crippen LogP contribution in [0.4, 0.5) is 5.69 Å². The molecule has 0 aliphatic rings. The molecule has 0 bridgehead atoms. The molecule has 0 saturated carbocycles.